The van der Waals surface area contributed by atoms with Gasteiger partial charge in [0.05, 0.1) is 15.9 Å². The normalized spacial score (nSPS) is 19.0. The van der Waals surface area contributed by atoms with Gasteiger partial charge in [-0.3, -0.25) is 4.79 Å². The molecule has 7 heteroatoms. The predicted molar refractivity (Wildman–Crippen MR) is 126 cm³/mol. The first-order valence-corrected chi connectivity index (χ1v) is 11.9. The average molecular weight is 445 g/mol. The summed E-state index contributed by atoms with van der Waals surface area (Å²) in [4.78, 5) is 25.9. The van der Waals surface area contributed by atoms with Gasteiger partial charge in [-0.2, -0.15) is 4.98 Å². The highest BCUT2D eigenvalue weighted by Gasteiger charge is 2.53. The fraction of sp³-hybridized carbons (Fsp3) is 0.320. The van der Waals surface area contributed by atoms with E-state index in [4.69, 9.17) is 4.42 Å². The molecule has 2 aliphatic rings. The van der Waals surface area contributed by atoms with Gasteiger partial charge >= 0.3 is 0 Å². The molecule has 2 fully saturated rings. The van der Waals surface area contributed by atoms with Gasteiger partial charge in [-0.05, 0) is 49.3 Å². The number of benzene rings is 2. The van der Waals surface area contributed by atoms with Gasteiger partial charge in [-0.25, -0.2) is 4.98 Å². The molecule has 1 N–H and O–H groups in total. The molecule has 3 heterocycles. The van der Waals surface area contributed by atoms with Gasteiger partial charge in [0.25, 0.3) is 11.9 Å². The number of likely N-dealkylation sites (tertiary alicyclic amines) is 1. The Hall–Kier alpha value is -3.19. The number of hydrogen-bond donors (Lipinski definition) is 1. The van der Waals surface area contributed by atoms with E-state index in [-0.39, 0.29) is 17.4 Å². The van der Waals surface area contributed by atoms with Crippen LogP contribution in [0.1, 0.15) is 34.8 Å². The number of carbonyl (C=O) groups is 1. The lowest BCUT2D eigenvalue weighted by Crippen LogP contribution is -2.40. The van der Waals surface area contributed by atoms with Crippen molar-refractivity contribution in [2.45, 2.75) is 32.2 Å². The van der Waals surface area contributed by atoms with Crippen molar-refractivity contribution in [3.63, 3.8) is 0 Å². The number of hydrogen-bond acceptors (Lipinski definition) is 6. The number of para-hydroxylation sites is 2. The van der Waals surface area contributed by atoms with Crippen molar-refractivity contribution in [3.05, 3.63) is 65.3 Å². The smallest absolute Gasteiger partial charge is 0.295 e. The molecule has 2 aromatic heterocycles. The minimum absolute atomic E-state index is 0.0290. The second-order valence-electron chi connectivity index (χ2n) is 8.94. The molecule has 1 aliphatic carbocycles. The van der Waals surface area contributed by atoms with Crippen LogP contribution >= 0.6 is 11.3 Å². The molecule has 1 atom stereocenters. The lowest BCUT2D eigenvalue weighted by Gasteiger charge is -2.24. The van der Waals surface area contributed by atoms with Gasteiger partial charge in [0.15, 0.2) is 5.58 Å². The SMILES string of the molecule is Cc1nc(C(=O)N2CC3(CC3)CC2CNc2nc3ccccc3o2)c(-c2ccccc2)s1. The maximum atomic E-state index is 13.7. The van der Waals surface area contributed by atoms with Crippen LogP contribution in [0.25, 0.3) is 21.5 Å². The van der Waals surface area contributed by atoms with Gasteiger partial charge in [0.2, 0.25) is 0 Å². The molecule has 1 spiro atoms. The Morgan fingerprint density at radius 1 is 1.16 bits per heavy atom. The average Bonchev–Trinajstić information content (AvgIpc) is 3.14. The quantitative estimate of drug-likeness (QED) is 0.448. The Morgan fingerprint density at radius 2 is 1.94 bits per heavy atom. The van der Waals surface area contributed by atoms with Crippen LogP contribution in [0, 0.1) is 12.3 Å². The number of aromatic nitrogens is 2. The van der Waals surface area contributed by atoms with Crippen molar-refractivity contribution in [2.75, 3.05) is 18.4 Å². The molecule has 2 aromatic carbocycles. The zero-order valence-electron chi connectivity index (χ0n) is 17.9. The van der Waals surface area contributed by atoms with Crippen LogP contribution in [-0.2, 0) is 0 Å². The summed E-state index contributed by atoms with van der Waals surface area (Å²) >= 11 is 1.58. The summed E-state index contributed by atoms with van der Waals surface area (Å²) in [6.45, 7) is 3.38. The van der Waals surface area contributed by atoms with E-state index in [9.17, 15) is 4.79 Å². The second-order valence-corrected chi connectivity index (χ2v) is 10.1. The maximum absolute atomic E-state index is 13.7. The molecule has 4 aromatic rings. The highest BCUT2D eigenvalue weighted by atomic mass is 32.1. The topological polar surface area (TPSA) is 71.3 Å². The second kappa shape index (κ2) is 7.45. The van der Waals surface area contributed by atoms with E-state index in [0.717, 1.165) is 39.5 Å². The number of oxazole rings is 1. The Morgan fingerprint density at radius 3 is 2.72 bits per heavy atom. The van der Waals surface area contributed by atoms with Gasteiger partial charge in [0.1, 0.15) is 11.2 Å². The van der Waals surface area contributed by atoms with E-state index >= 15 is 0 Å². The summed E-state index contributed by atoms with van der Waals surface area (Å²) < 4.78 is 5.82. The number of aryl methyl sites for hydroxylation is 1. The lowest BCUT2D eigenvalue weighted by molar-refractivity contribution is 0.0733. The van der Waals surface area contributed by atoms with Crippen molar-refractivity contribution in [1.29, 1.82) is 0 Å². The highest BCUT2D eigenvalue weighted by molar-refractivity contribution is 7.15. The third-order valence-electron chi connectivity index (χ3n) is 6.59. The summed E-state index contributed by atoms with van der Waals surface area (Å²) in [6, 6.07) is 18.4. The fourth-order valence-corrected chi connectivity index (χ4v) is 5.69. The van der Waals surface area contributed by atoms with Crippen molar-refractivity contribution < 1.29 is 9.21 Å². The first-order valence-electron chi connectivity index (χ1n) is 11.0. The van der Waals surface area contributed by atoms with Crippen LogP contribution in [-0.4, -0.2) is 39.9 Å². The molecule has 32 heavy (non-hydrogen) atoms. The minimum atomic E-state index is 0.0290. The molecule has 6 nitrogen and oxygen atoms in total. The maximum Gasteiger partial charge on any atom is 0.295 e. The summed E-state index contributed by atoms with van der Waals surface area (Å²) in [5, 5.41) is 4.25. The summed E-state index contributed by atoms with van der Waals surface area (Å²) in [6.07, 6.45) is 3.39. The Balaban J connectivity index is 1.26. The zero-order chi connectivity index (χ0) is 21.7. The van der Waals surface area contributed by atoms with Crippen molar-refractivity contribution >= 4 is 34.4 Å². The zero-order valence-corrected chi connectivity index (χ0v) is 18.7. The number of carbonyl (C=O) groups excluding carboxylic acids is 1. The molecule has 1 amide bonds. The Labute approximate surface area is 190 Å². The molecule has 0 radical (unpaired) electrons. The standard InChI is InChI=1S/C25H24N4O2S/c1-16-27-21(22(32-16)17-7-3-2-4-8-17)23(30)29-15-25(11-12-25)13-18(29)14-26-24-28-19-9-5-6-10-20(19)31-24/h2-10,18H,11-15H2,1H3,(H,26,28). The van der Waals surface area contributed by atoms with Crippen LogP contribution in [0.2, 0.25) is 0 Å². The Kier molecular flexibility index (Phi) is 4.54. The molecular formula is C25H24N4O2S. The van der Waals surface area contributed by atoms with Crippen LogP contribution < -0.4 is 5.32 Å². The molecule has 6 rings (SSSR count). The molecule has 1 saturated heterocycles. The largest absolute Gasteiger partial charge is 0.424 e. The summed E-state index contributed by atoms with van der Waals surface area (Å²) in [7, 11) is 0. The summed E-state index contributed by atoms with van der Waals surface area (Å²) in [5.41, 5.74) is 3.49. The number of nitrogens with one attached hydrogen (secondary N) is 1. The predicted octanol–water partition coefficient (Wildman–Crippen LogP) is 5.37. The van der Waals surface area contributed by atoms with Crippen LogP contribution in [0.15, 0.2) is 59.0 Å². The van der Waals surface area contributed by atoms with Gasteiger partial charge < -0.3 is 14.6 Å². The van der Waals surface area contributed by atoms with E-state index in [0.29, 0.717) is 18.3 Å². The number of rotatable bonds is 5. The van der Waals surface area contributed by atoms with E-state index in [2.05, 4.69) is 15.3 Å². The van der Waals surface area contributed by atoms with Crippen LogP contribution in [0.4, 0.5) is 6.01 Å². The first kappa shape index (κ1) is 19.5. The number of nitrogens with zero attached hydrogens (tertiary/aromatic N) is 3. The molecule has 1 unspecified atom stereocenters. The van der Waals surface area contributed by atoms with Gasteiger partial charge in [0, 0.05) is 13.1 Å². The molecule has 1 aliphatic heterocycles. The highest BCUT2D eigenvalue weighted by Crippen LogP contribution is 2.55. The van der Waals surface area contributed by atoms with Crippen molar-refractivity contribution in [1.82, 2.24) is 14.9 Å². The Bertz CT molecular complexity index is 1260. The van der Waals surface area contributed by atoms with Crippen LogP contribution in [0.5, 0.6) is 0 Å². The van der Waals surface area contributed by atoms with E-state index in [1.54, 1.807) is 11.3 Å². The fourth-order valence-electron chi connectivity index (χ4n) is 4.77. The van der Waals surface area contributed by atoms with Crippen molar-refractivity contribution in [2.24, 2.45) is 5.41 Å². The number of thiazole rings is 1. The molecular weight excluding hydrogens is 420 g/mol. The first-order chi connectivity index (χ1) is 15.6. The van der Waals surface area contributed by atoms with Gasteiger partial charge in [-0.15, -0.1) is 11.3 Å². The number of anilines is 1. The van der Waals surface area contributed by atoms with E-state index < -0.39 is 0 Å². The van der Waals surface area contributed by atoms with Gasteiger partial charge in [-0.1, -0.05) is 42.5 Å². The number of amides is 1. The molecule has 1 saturated carbocycles. The third-order valence-corrected chi connectivity index (χ3v) is 7.61. The third kappa shape index (κ3) is 3.46. The minimum Gasteiger partial charge on any atom is -0.424 e. The molecule has 0 bridgehead atoms. The summed E-state index contributed by atoms with van der Waals surface area (Å²) in [5.74, 6) is 0.0290. The molecule has 162 valence electrons. The number of fused-ring (bicyclic) bond motifs is 1. The van der Waals surface area contributed by atoms with Crippen molar-refractivity contribution in [3.8, 4) is 10.4 Å². The van der Waals surface area contributed by atoms with E-state index in [1.165, 1.54) is 12.8 Å². The lowest BCUT2D eigenvalue weighted by atomic mass is 10.0. The monoisotopic (exact) mass is 444 g/mol. The van der Waals surface area contributed by atoms with E-state index in [1.807, 2.05) is 66.4 Å². The van der Waals surface area contributed by atoms with Crippen LogP contribution in [0.3, 0.4) is 0 Å².